The highest BCUT2D eigenvalue weighted by molar-refractivity contribution is 7.97. The maximum absolute atomic E-state index is 12.7. The molecule has 0 bridgehead atoms. The molecule has 0 radical (unpaired) electrons. The van der Waals surface area contributed by atoms with Gasteiger partial charge in [-0.25, -0.2) is 4.98 Å². The summed E-state index contributed by atoms with van der Waals surface area (Å²) in [6, 6.07) is 9.90. The maximum atomic E-state index is 12.7. The molecule has 1 aromatic carbocycles. The Bertz CT molecular complexity index is 909. The van der Waals surface area contributed by atoms with E-state index in [1.54, 1.807) is 11.8 Å². The molecule has 0 saturated carbocycles. The third kappa shape index (κ3) is 3.69. The molecule has 3 rings (SSSR count). The number of nitrogens with zero attached hydrogens (tertiary/aromatic N) is 3. The fourth-order valence-electron chi connectivity index (χ4n) is 3.08. The molecule has 5 nitrogen and oxygen atoms in total. The number of rotatable bonds is 5. The number of carbonyl (C=O) groups excluding carboxylic acids is 1. The molecular formula is C19H22N4OS. The molecule has 0 aliphatic carbocycles. The highest BCUT2D eigenvalue weighted by Crippen LogP contribution is 2.21. The van der Waals surface area contributed by atoms with Gasteiger partial charge >= 0.3 is 0 Å². The van der Waals surface area contributed by atoms with Crippen LogP contribution in [0.1, 0.15) is 22.8 Å². The first-order valence-corrected chi connectivity index (χ1v) is 9.56. The second-order valence-corrected chi connectivity index (χ2v) is 6.99. The number of anilines is 1. The molecule has 3 aromatic rings. The molecule has 1 N–H and O–H groups in total. The smallest absolute Gasteiger partial charge is 0.244 e. The van der Waals surface area contributed by atoms with Gasteiger partial charge in [-0.2, -0.15) is 11.8 Å². The number of hydrogen-bond donors (Lipinski definition) is 1. The standard InChI is InChI=1S/C19H22N4OS/c1-12-9-13(2)20-14(3)19(12)22-18(24)10-23-16-8-6-5-7-15(16)21-17(23)11-25-4/h5-9H,10-11H2,1-4H3,(H,22,24). The van der Waals surface area contributed by atoms with Crippen molar-refractivity contribution in [2.45, 2.75) is 33.1 Å². The summed E-state index contributed by atoms with van der Waals surface area (Å²) in [7, 11) is 0. The molecule has 2 aromatic heterocycles. The summed E-state index contributed by atoms with van der Waals surface area (Å²) in [5, 5.41) is 3.02. The number of para-hydroxylation sites is 2. The van der Waals surface area contributed by atoms with Crippen molar-refractivity contribution in [3.8, 4) is 0 Å². The van der Waals surface area contributed by atoms with Crippen LogP contribution in [0.5, 0.6) is 0 Å². The minimum Gasteiger partial charge on any atom is -0.323 e. The molecule has 130 valence electrons. The molecule has 0 spiro atoms. The Morgan fingerprint density at radius 1 is 1.20 bits per heavy atom. The number of nitrogens with one attached hydrogen (secondary N) is 1. The monoisotopic (exact) mass is 354 g/mol. The third-order valence-electron chi connectivity index (χ3n) is 4.10. The van der Waals surface area contributed by atoms with Crippen molar-refractivity contribution in [3.05, 3.63) is 53.1 Å². The van der Waals surface area contributed by atoms with Crippen molar-refractivity contribution in [2.75, 3.05) is 11.6 Å². The number of aryl methyl sites for hydroxylation is 3. The van der Waals surface area contributed by atoms with Gasteiger partial charge in [0, 0.05) is 5.69 Å². The summed E-state index contributed by atoms with van der Waals surface area (Å²) in [5.41, 5.74) is 5.52. The first-order chi connectivity index (χ1) is 12.0. The number of hydrogen-bond acceptors (Lipinski definition) is 4. The van der Waals surface area contributed by atoms with Gasteiger partial charge in [-0.15, -0.1) is 0 Å². The molecular weight excluding hydrogens is 332 g/mol. The number of imidazole rings is 1. The molecule has 6 heteroatoms. The highest BCUT2D eigenvalue weighted by Gasteiger charge is 2.15. The Morgan fingerprint density at radius 2 is 1.96 bits per heavy atom. The van der Waals surface area contributed by atoms with Crippen LogP contribution >= 0.6 is 11.8 Å². The number of aromatic nitrogens is 3. The van der Waals surface area contributed by atoms with Crippen LogP contribution in [0.15, 0.2) is 30.3 Å². The van der Waals surface area contributed by atoms with Gasteiger partial charge in [0.1, 0.15) is 12.4 Å². The van der Waals surface area contributed by atoms with Crippen molar-refractivity contribution >= 4 is 34.4 Å². The lowest BCUT2D eigenvalue weighted by Crippen LogP contribution is -2.21. The van der Waals surface area contributed by atoms with E-state index in [-0.39, 0.29) is 12.5 Å². The predicted molar refractivity (Wildman–Crippen MR) is 104 cm³/mol. The zero-order valence-corrected chi connectivity index (χ0v) is 15.8. The SMILES string of the molecule is CSCc1nc2ccccc2n1CC(=O)Nc1c(C)cc(C)nc1C. The van der Waals surface area contributed by atoms with Crippen molar-refractivity contribution in [1.82, 2.24) is 14.5 Å². The van der Waals surface area contributed by atoms with E-state index in [1.807, 2.05) is 61.9 Å². The summed E-state index contributed by atoms with van der Waals surface area (Å²) >= 11 is 1.70. The van der Waals surface area contributed by atoms with Gasteiger partial charge in [-0.05, 0) is 50.8 Å². The first-order valence-electron chi connectivity index (χ1n) is 8.17. The minimum atomic E-state index is -0.0673. The van der Waals surface area contributed by atoms with Crippen LogP contribution in [0.3, 0.4) is 0 Å². The lowest BCUT2D eigenvalue weighted by molar-refractivity contribution is -0.116. The van der Waals surface area contributed by atoms with Crippen LogP contribution in [-0.2, 0) is 17.1 Å². The van der Waals surface area contributed by atoms with E-state index in [0.717, 1.165) is 45.2 Å². The second-order valence-electron chi connectivity index (χ2n) is 6.13. The zero-order chi connectivity index (χ0) is 18.0. The van der Waals surface area contributed by atoms with E-state index < -0.39 is 0 Å². The van der Waals surface area contributed by atoms with Gasteiger partial charge in [-0.1, -0.05) is 12.1 Å². The Kier molecular flexibility index (Phi) is 5.08. The fraction of sp³-hybridized carbons (Fsp3) is 0.316. The molecule has 0 aliphatic heterocycles. The molecule has 0 saturated heterocycles. The Hall–Kier alpha value is -2.34. The normalized spacial score (nSPS) is 11.0. The Labute approximate surface area is 151 Å². The third-order valence-corrected chi connectivity index (χ3v) is 4.65. The number of thioether (sulfide) groups is 1. The molecule has 1 amide bonds. The van der Waals surface area contributed by atoms with Crippen LogP contribution in [0.25, 0.3) is 11.0 Å². The van der Waals surface area contributed by atoms with Gasteiger partial charge in [0.05, 0.1) is 28.2 Å². The maximum Gasteiger partial charge on any atom is 0.244 e. The van der Waals surface area contributed by atoms with Gasteiger partial charge in [0.2, 0.25) is 5.91 Å². The van der Waals surface area contributed by atoms with E-state index in [0.29, 0.717) is 0 Å². The van der Waals surface area contributed by atoms with Gasteiger partial charge in [0.15, 0.2) is 0 Å². The number of fused-ring (bicyclic) bond motifs is 1. The zero-order valence-electron chi connectivity index (χ0n) is 15.0. The van der Waals surface area contributed by atoms with Gasteiger partial charge in [0.25, 0.3) is 0 Å². The van der Waals surface area contributed by atoms with Crippen LogP contribution in [0.2, 0.25) is 0 Å². The molecule has 0 atom stereocenters. The Morgan fingerprint density at radius 3 is 2.68 bits per heavy atom. The van der Waals surface area contributed by atoms with Crippen LogP contribution in [-0.4, -0.2) is 26.7 Å². The summed E-state index contributed by atoms with van der Waals surface area (Å²) in [6.45, 7) is 6.10. The number of benzene rings is 1. The van der Waals surface area contributed by atoms with Crippen molar-refractivity contribution in [1.29, 1.82) is 0 Å². The summed E-state index contributed by atoms with van der Waals surface area (Å²) in [6.07, 6.45) is 2.04. The average Bonchev–Trinajstić information content (AvgIpc) is 2.89. The van der Waals surface area contributed by atoms with Crippen molar-refractivity contribution in [3.63, 3.8) is 0 Å². The summed E-state index contributed by atoms with van der Waals surface area (Å²) in [4.78, 5) is 21.8. The van der Waals surface area contributed by atoms with Crippen LogP contribution in [0, 0.1) is 20.8 Å². The molecule has 0 unspecified atom stereocenters. The quantitative estimate of drug-likeness (QED) is 0.756. The molecule has 2 heterocycles. The van der Waals surface area contributed by atoms with Crippen molar-refractivity contribution in [2.24, 2.45) is 0 Å². The number of pyridine rings is 1. The minimum absolute atomic E-state index is 0.0673. The fourth-order valence-corrected chi connectivity index (χ4v) is 3.55. The Balaban J connectivity index is 1.89. The van der Waals surface area contributed by atoms with E-state index in [1.165, 1.54) is 0 Å². The molecule has 0 fully saturated rings. The van der Waals surface area contributed by atoms with E-state index in [9.17, 15) is 4.79 Å². The molecule has 0 aliphatic rings. The van der Waals surface area contributed by atoms with Crippen LogP contribution < -0.4 is 5.32 Å². The van der Waals surface area contributed by atoms with E-state index in [2.05, 4.69) is 15.3 Å². The predicted octanol–water partition coefficient (Wildman–Crippen LogP) is 3.86. The van der Waals surface area contributed by atoms with E-state index in [4.69, 9.17) is 0 Å². The lowest BCUT2D eigenvalue weighted by atomic mass is 10.1. The lowest BCUT2D eigenvalue weighted by Gasteiger charge is -2.13. The highest BCUT2D eigenvalue weighted by atomic mass is 32.2. The average molecular weight is 354 g/mol. The van der Waals surface area contributed by atoms with Crippen LogP contribution in [0.4, 0.5) is 5.69 Å². The number of carbonyl (C=O) groups is 1. The second kappa shape index (κ2) is 7.27. The van der Waals surface area contributed by atoms with Crippen molar-refractivity contribution < 1.29 is 4.79 Å². The largest absolute Gasteiger partial charge is 0.323 e. The number of amides is 1. The first kappa shape index (κ1) is 17.5. The van der Waals surface area contributed by atoms with Gasteiger partial charge in [-0.3, -0.25) is 9.78 Å². The summed E-state index contributed by atoms with van der Waals surface area (Å²) in [5.74, 6) is 1.62. The topological polar surface area (TPSA) is 59.8 Å². The summed E-state index contributed by atoms with van der Waals surface area (Å²) < 4.78 is 1.99. The van der Waals surface area contributed by atoms with Gasteiger partial charge < -0.3 is 9.88 Å². The van der Waals surface area contributed by atoms with E-state index >= 15 is 0 Å². The molecule has 25 heavy (non-hydrogen) atoms.